The number of aliphatic hydroxyl groups excluding tert-OH is 1. The number of nitrogens with one attached hydrogen (secondary N) is 1. The van der Waals surface area contributed by atoms with Crippen molar-refractivity contribution in [1.29, 1.82) is 0 Å². The van der Waals surface area contributed by atoms with Gasteiger partial charge in [0.25, 0.3) is 5.91 Å². The Balaban J connectivity index is 1.30. The molecular weight excluding hydrogens is 467 g/mol. The molecule has 0 aliphatic carbocycles. The minimum atomic E-state index is -0.769. The molecular formula is C27H31FN2O6. The topological polar surface area (TPSA) is 107 Å². The average molecular weight is 499 g/mol. The van der Waals surface area contributed by atoms with Gasteiger partial charge in [0.2, 0.25) is 0 Å². The quantitative estimate of drug-likeness (QED) is 0.539. The molecule has 3 atom stereocenters. The number of aromatic nitrogens is 1. The Bertz CT molecular complexity index is 1130. The summed E-state index contributed by atoms with van der Waals surface area (Å²) in [4.78, 5) is 30.0. The fourth-order valence-electron chi connectivity index (χ4n) is 5.03. The molecule has 3 aliphatic rings. The van der Waals surface area contributed by atoms with Gasteiger partial charge in [0.05, 0.1) is 42.7 Å². The van der Waals surface area contributed by atoms with E-state index in [1.54, 1.807) is 12.1 Å². The highest BCUT2D eigenvalue weighted by Crippen LogP contribution is 2.31. The first-order valence-corrected chi connectivity index (χ1v) is 12.6. The molecule has 36 heavy (non-hydrogen) atoms. The van der Waals surface area contributed by atoms with Gasteiger partial charge in [0.15, 0.2) is 5.78 Å². The number of Topliss-reactive ketones (excluding diaryl/α,β-unsaturated/α-hetero) is 1. The van der Waals surface area contributed by atoms with Crippen molar-refractivity contribution in [2.75, 3.05) is 26.4 Å². The second kappa shape index (κ2) is 11.0. The second-order valence-electron chi connectivity index (χ2n) is 9.64. The van der Waals surface area contributed by atoms with Crippen LogP contribution in [-0.2, 0) is 22.3 Å². The van der Waals surface area contributed by atoms with Crippen LogP contribution in [0, 0.1) is 5.82 Å². The SMILES string of the molecule is O=C(N[C@H]1CCOC[C@@H]1O)c1cc(Cc2ccc(C(=O)CC[C@H]3CCCO3)c(F)c2)c2c(n1)CCO2. The normalized spacial score (nSPS) is 23.2. The van der Waals surface area contributed by atoms with Crippen LogP contribution in [-0.4, -0.2) is 66.5 Å². The number of fused-ring (bicyclic) bond motifs is 1. The fraction of sp³-hybridized carbons (Fsp3) is 0.519. The summed E-state index contributed by atoms with van der Waals surface area (Å²) in [5.74, 6) is -0.537. The first-order chi connectivity index (χ1) is 17.5. The molecule has 2 saturated heterocycles. The standard InChI is InChI=1S/C27H31FN2O6/c28-20-13-16(3-5-19(20)24(31)6-4-18-2-1-9-35-18)12-17-14-23(29-22-8-11-36-26(17)22)27(33)30-21-7-10-34-15-25(21)32/h3,5,13-14,18,21,25,32H,1-2,4,6-12,15H2,(H,30,33)/t18-,21+,25+/m1/s1. The fourth-order valence-corrected chi connectivity index (χ4v) is 5.03. The van der Waals surface area contributed by atoms with Crippen molar-refractivity contribution in [3.8, 4) is 5.75 Å². The maximum absolute atomic E-state index is 14.9. The van der Waals surface area contributed by atoms with Crippen molar-refractivity contribution in [3.05, 3.63) is 58.2 Å². The van der Waals surface area contributed by atoms with Gasteiger partial charge in [-0.3, -0.25) is 9.59 Å². The number of nitrogens with zero attached hydrogens (tertiary/aromatic N) is 1. The summed E-state index contributed by atoms with van der Waals surface area (Å²) in [5.41, 5.74) is 2.40. The molecule has 4 heterocycles. The summed E-state index contributed by atoms with van der Waals surface area (Å²) in [6, 6.07) is 5.90. The summed E-state index contributed by atoms with van der Waals surface area (Å²) < 4.78 is 31.4. The first-order valence-electron chi connectivity index (χ1n) is 12.6. The van der Waals surface area contributed by atoms with Gasteiger partial charge >= 0.3 is 0 Å². The second-order valence-corrected chi connectivity index (χ2v) is 9.64. The minimum Gasteiger partial charge on any atom is -0.491 e. The highest BCUT2D eigenvalue weighted by atomic mass is 19.1. The van der Waals surface area contributed by atoms with Crippen molar-refractivity contribution >= 4 is 11.7 Å². The maximum atomic E-state index is 14.9. The van der Waals surface area contributed by atoms with Crippen LogP contribution in [0.25, 0.3) is 0 Å². The Morgan fingerprint density at radius 2 is 2.06 bits per heavy atom. The Morgan fingerprint density at radius 3 is 2.83 bits per heavy atom. The smallest absolute Gasteiger partial charge is 0.270 e. The molecule has 2 fully saturated rings. The summed E-state index contributed by atoms with van der Waals surface area (Å²) in [7, 11) is 0. The van der Waals surface area contributed by atoms with Crippen molar-refractivity contribution in [2.24, 2.45) is 0 Å². The van der Waals surface area contributed by atoms with E-state index in [9.17, 15) is 19.1 Å². The number of rotatable bonds is 8. The number of hydrogen-bond donors (Lipinski definition) is 2. The minimum absolute atomic E-state index is 0.0861. The average Bonchev–Trinajstić information content (AvgIpc) is 3.56. The van der Waals surface area contributed by atoms with E-state index in [0.717, 1.165) is 25.0 Å². The molecule has 9 heteroatoms. The number of halogens is 1. The summed E-state index contributed by atoms with van der Waals surface area (Å²) >= 11 is 0. The number of aliphatic hydroxyl groups is 1. The number of ether oxygens (including phenoxy) is 3. The number of benzene rings is 1. The zero-order valence-corrected chi connectivity index (χ0v) is 20.1. The maximum Gasteiger partial charge on any atom is 0.270 e. The van der Waals surface area contributed by atoms with E-state index in [4.69, 9.17) is 14.2 Å². The summed E-state index contributed by atoms with van der Waals surface area (Å²) in [5, 5.41) is 12.9. The third kappa shape index (κ3) is 5.58. The number of carbonyl (C=O) groups excluding carboxylic acids is 2. The van der Waals surface area contributed by atoms with Gasteiger partial charge in [-0.05, 0) is 49.4 Å². The predicted octanol–water partition coefficient (Wildman–Crippen LogP) is 2.77. The van der Waals surface area contributed by atoms with Gasteiger partial charge in [0, 0.05) is 38.0 Å². The predicted molar refractivity (Wildman–Crippen MR) is 128 cm³/mol. The molecule has 1 aromatic heterocycles. The van der Waals surface area contributed by atoms with E-state index in [1.165, 1.54) is 12.1 Å². The summed E-state index contributed by atoms with van der Waals surface area (Å²) in [6.07, 6.45) is 3.56. The van der Waals surface area contributed by atoms with Crippen LogP contribution in [0.1, 0.15) is 69.8 Å². The van der Waals surface area contributed by atoms with Gasteiger partial charge in [-0.25, -0.2) is 9.37 Å². The lowest BCUT2D eigenvalue weighted by Gasteiger charge is -2.28. The number of amides is 1. The van der Waals surface area contributed by atoms with Crippen LogP contribution < -0.4 is 10.1 Å². The van der Waals surface area contributed by atoms with Gasteiger partial charge in [0.1, 0.15) is 17.3 Å². The van der Waals surface area contributed by atoms with Gasteiger partial charge in [-0.1, -0.05) is 6.07 Å². The zero-order chi connectivity index (χ0) is 25.1. The number of carbonyl (C=O) groups is 2. The van der Waals surface area contributed by atoms with Crippen molar-refractivity contribution in [1.82, 2.24) is 10.3 Å². The van der Waals surface area contributed by atoms with Gasteiger partial charge < -0.3 is 24.6 Å². The largest absolute Gasteiger partial charge is 0.491 e. The Hall–Kier alpha value is -2.88. The van der Waals surface area contributed by atoms with Gasteiger partial charge in [-0.15, -0.1) is 0 Å². The van der Waals surface area contributed by atoms with Crippen LogP contribution in [0.5, 0.6) is 5.75 Å². The molecule has 5 rings (SSSR count). The zero-order valence-electron chi connectivity index (χ0n) is 20.1. The van der Waals surface area contributed by atoms with E-state index in [2.05, 4.69) is 10.3 Å². The molecule has 192 valence electrons. The van der Waals surface area contributed by atoms with Crippen molar-refractivity contribution in [2.45, 2.75) is 63.2 Å². The third-order valence-electron chi connectivity index (χ3n) is 7.03. The molecule has 0 bridgehead atoms. The first kappa shape index (κ1) is 24.8. The Morgan fingerprint density at radius 1 is 1.17 bits per heavy atom. The molecule has 0 spiro atoms. The lowest BCUT2D eigenvalue weighted by molar-refractivity contribution is -0.0261. The molecule has 2 aromatic rings. The third-order valence-corrected chi connectivity index (χ3v) is 7.03. The molecule has 2 N–H and O–H groups in total. The molecule has 3 aliphatic heterocycles. The highest BCUT2D eigenvalue weighted by molar-refractivity contribution is 5.96. The number of hydrogen-bond acceptors (Lipinski definition) is 7. The molecule has 0 radical (unpaired) electrons. The molecule has 0 saturated carbocycles. The molecule has 0 unspecified atom stereocenters. The van der Waals surface area contributed by atoms with Crippen molar-refractivity contribution in [3.63, 3.8) is 0 Å². The van der Waals surface area contributed by atoms with Crippen LogP contribution in [0.4, 0.5) is 4.39 Å². The highest BCUT2D eigenvalue weighted by Gasteiger charge is 2.28. The van der Waals surface area contributed by atoms with E-state index < -0.39 is 18.0 Å². The Kier molecular flexibility index (Phi) is 7.59. The molecule has 1 aromatic carbocycles. The van der Waals surface area contributed by atoms with E-state index >= 15 is 0 Å². The molecule has 1 amide bonds. The Labute approximate surface area is 209 Å². The van der Waals surface area contributed by atoms with Crippen LogP contribution in [0.3, 0.4) is 0 Å². The monoisotopic (exact) mass is 498 g/mol. The number of ketones is 1. The van der Waals surface area contributed by atoms with Crippen molar-refractivity contribution < 1.29 is 33.3 Å². The van der Waals surface area contributed by atoms with Crippen LogP contribution in [0.2, 0.25) is 0 Å². The lowest BCUT2D eigenvalue weighted by atomic mass is 9.98. The number of pyridine rings is 1. The summed E-state index contributed by atoms with van der Waals surface area (Å²) in [6.45, 7) is 1.84. The van der Waals surface area contributed by atoms with E-state index in [-0.39, 0.29) is 42.1 Å². The lowest BCUT2D eigenvalue weighted by Crippen LogP contribution is -2.48. The van der Waals surface area contributed by atoms with Crippen LogP contribution >= 0.6 is 0 Å². The van der Waals surface area contributed by atoms with Gasteiger partial charge in [-0.2, -0.15) is 0 Å². The van der Waals surface area contributed by atoms with E-state index in [0.29, 0.717) is 55.9 Å². The molecule has 8 nitrogen and oxygen atoms in total. The van der Waals surface area contributed by atoms with Crippen LogP contribution in [0.15, 0.2) is 24.3 Å². The van der Waals surface area contributed by atoms with E-state index in [1.807, 2.05) is 0 Å².